The van der Waals surface area contributed by atoms with Gasteiger partial charge in [0.05, 0.1) is 35.1 Å². The summed E-state index contributed by atoms with van der Waals surface area (Å²) in [7, 11) is 3.23. The van der Waals surface area contributed by atoms with Crippen molar-refractivity contribution in [2.24, 2.45) is 7.05 Å². The van der Waals surface area contributed by atoms with Crippen LogP contribution in [-0.2, 0) is 7.05 Å². The minimum Gasteiger partial charge on any atom is -0.497 e. The van der Waals surface area contributed by atoms with Crippen LogP contribution in [0.1, 0.15) is 0 Å². The van der Waals surface area contributed by atoms with Gasteiger partial charge in [0.1, 0.15) is 11.6 Å². The van der Waals surface area contributed by atoms with E-state index in [0.29, 0.717) is 22.4 Å². The molecule has 2 N–H and O–H groups in total. The molecule has 4 aromatic rings. The van der Waals surface area contributed by atoms with Crippen molar-refractivity contribution in [3.05, 3.63) is 47.4 Å². The van der Waals surface area contributed by atoms with Crippen LogP contribution >= 0.6 is 11.6 Å². The fourth-order valence-corrected chi connectivity index (χ4v) is 2.87. The highest BCUT2D eigenvalue weighted by molar-refractivity contribution is 6.38. The Morgan fingerprint density at radius 1 is 1.27 bits per heavy atom. The number of aromatic amines is 1. The van der Waals surface area contributed by atoms with Crippen molar-refractivity contribution in [3.63, 3.8) is 0 Å². The molecular weight excluding hydrogens is 359 g/mol. The van der Waals surface area contributed by atoms with Gasteiger partial charge in [-0.25, -0.2) is 9.07 Å². The highest BCUT2D eigenvalue weighted by atomic mass is 35.5. The van der Waals surface area contributed by atoms with E-state index in [4.69, 9.17) is 16.3 Å². The van der Waals surface area contributed by atoms with Crippen LogP contribution in [0.15, 0.2) is 36.5 Å². The SMILES string of the molecule is COc1ccc(F)c(-c2nc(Nc3ccc4[nH]ncc4c3Cl)n(C)n2)c1. The molecule has 0 radical (unpaired) electrons. The second kappa shape index (κ2) is 6.30. The molecule has 0 atom stereocenters. The Bertz CT molecular complexity index is 1110. The largest absolute Gasteiger partial charge is 0.497 e. The van der Waals surface area contributed by atoms with E-state index in [1.54, 1.807) is 25.4 Å². The maximum Gasteiger partial charge on any atom is 0.226 e. The zero-order valence-corrected chi connectivity index (χ0v) is 14.7. The van der Waals surface area contributed by atoms with E-state index in [2.05, 4.69) is 25.6 Å². The molecule has 0 aliphatic heterocycles. The zero-order valence-electron chi connectivity index (χ0n) is 13.9. The first-order chi connectivity index (χ1) is 12.6. The predicted molar refractivity (Wildman–Crippen MR) is 97.3 cm³/mol. The van der Waals surface area contributed by atoms with Gasteiger partial charge in [0.15, 0.2) is 5.82 Å². The number of halogens is 2. The summed E-state index contributed by atoms with van der Waals surface area (Å²) in [5, 5.41) is 15.5. The monoisotopic (exact) mass is 372 g/mol. The fraction of sp³-hybridized carbons (Fsp3) is 0.118. The number of fused-ring (bicyclic) bond motifs is 1. The standard InChI is InChI=1S/C17H14ClFN6O/c1-25-17(21-14-6-5-13-11(15(14)18)8-20-23-13)22-16(24-25)10-7-9(26-2)3-4-12(10)19/h3-8H,1-2H3,(H,20,23)(H,21,22,24). The van der Waals surface area contributed by atoms with E-state index >= 15 is 0 Å². The number of hydrogen-bond donors (Lipinski definition) is 2. The molecular formula is C17H14ClFN6O. The van der Waals surface area contributed by atoms with E-state index in [1.807, 2.05) is 12.1 Å². The van der Waals surface area contributed by atoms with Crippen molar-refractivity contribution in [1.82, 2.24) is 25.0 Å². The van der Waals surface area contributed by atoms with Gasteiger partial charge in [-0.1, -0.05) is 11.6 Å². The van der Waals surface area contributed by atoms with Gasteiger partial charge in [-0.05, 0) is 30.3 Å². The normalized spacial score (nSPS) is 11.1. The second-order valence-corrected chi connectivity index (χ2v) is 5.99. The molecule has 0 saturated carbocycles. The number of ether oxygens (including phenoxy) is 1. The van der Waals surface area contributed by atoms with Crippen LogP contribution in [0.3, 0.4) is 0 Å². The number of H-pyrrole nitrogens is 1. The zero-order chi connectivity index (χ0) is 18.3. The van der Waals surface area contributed by atoms with Gasteiger partial charge < -0.3 is 10.1 Å². The first-order valence-electron chi connectivity index (χ1n) is 7.70. The van der Waals surface area contributed by atoms with E-state index in [1.165, 1.54) is 17.9 Å². The minimum atomic E-state index is -0.430. The average Bonchev–Trinajstić information content (AvgIpc) is 3.25. The van der Waals surface area contributed by atoms with Gasteiger partial charge in [-0.2, -0.15) is 10.1 Å². The number of aryl methyl sites for hydroxylation is 1. The highest BCUT2D eigenvalue weighted by Crippen LogP contribution is 2.32. The number of aromatic nitrogens is 5. The van der Waals surface area contributed by atoms with Crippen LogP contribution in [0.5, 0.6) is 5.75 Å². The van der Waals surface area contributed by atoms with Crippen LogP contribution in [0, 0.1) is 5.82 Å². The molecule has 132 valence electrons. The van der Waals surface area contributed by atoms with Crippen molar-refractivity contribution in [2.45, 2.75) is 0 Å². The Balaban J connectivity index is 1.71. The lowest BCUT2D eigenvalue weighted by molar-refractivity contribution is 0.414. The first-order valence-corrected chi connectivity index (χ1v) is 8.08. The molecule has 0 aliphatic rings. The van der Waals surface area contributed by atoms with Crippen molar-refractivity contribution < 1.29 is 9.13 Å². The summed E-state index contributed by atoms with van der Waals surface area (Å²) in [4.78, 5) is 4.38. The average molecular weight is 373 g/mol. The Hall–Kier alpha value is -3.13. The number of nitrogens with zero attached hydrogens (tertiary/aromatic N) is 4. The summed E-state index contributed by atoms with van der Waals surface area (Å²) in [6.07, 6.45) is 1.65. The van der Waals surface area contributed by atoms with Crippen molar-refractivity contribution in [1.29, 1.82) is 0 Å². The summed E-state index contributed by atoms with van der Waals surface area (Å²) >= 11 is 6.42. The lowest BCUT2D eigenvalue weighted by Gasteiger charge is -2.07. The number of anilines is 2. The first kappa shape index (κ1) is 16.3. The van der Waals surface area contributed by atoms with Crippen LogP contribution in [0.2, 0.25) is 5.02 Å². The fourth-order valence-electron chi connectivity index (χ4n) is 2.61. The van der Waals surface area contributed by atoms with Gasteiger partial charge in [-0.15, -0.1) is 5.10 Å². The summed E-state index contributed by atoms with van der Waals surface area (Å²) in [6.45, 7) is 0. The molecule has 2 aromatic carbocycles. The molecule has 0 bridgehead atoms. The van der Waals surface area contributed by atoms with Gasteiger partial charge in [0.25, 0.3) is 0 Å². The molecule has 0 amide bonds. The van der Waals surface area contributed by atoms with E-state index < -0.39 is 5.82 Å². The van der Waals surface area contributed by atoms with Crippen LogP contribution in [0.25, 0.3) is 22.3 Å². The van der Waals surface area contributed by atoms with Crippen molar-refractivity contribution in [3.8, 4) is 17.1 Å². The van der Waals surface area contributed by atoms with Gasteiger partial charge in [0.2, 0.25) is 5.95 Å². The molecule has 26 heavy (non-hydrogen) atoms. The summed E-state index contributed by atoms with van der Waals surface area (Å²) in [6, 6.07) is 8.08. The molecule has 2 heterocycles. The third-order valence-corrected chi connectivity index (χ3v) is 4.39. The Morgan fingerprint density at radius 2 is 2.12 bits per heavy atom. The Labute approximate surface area is 152 Å². The predicted octanol–water partition coefficient (Wildman–Crippen LogP) is 3.90. The molecule has 4 rings (SSSR count). The van der Waals surface area contributed by atoms with Crippen LogP contribution in [-0.4, -0.2) is 32.1 Å². The maximum absolute atomic E-state index is 14.2. The summed E-state index contributed by atoms with van der Waals surface area (Å²) < 4.78 is 20.8. The number of rotatable bonds is 4. The third kappa shape index (κ3) is 2.74. The van der Waals surface area contributed by atoms with E-state index in [-0.39, 0.29) is 11.4 Å². The van der Waals surface area contributed by atoms with Crippen molar-refractivity contribution >= 4 is 34.1 Å². The van der Waals surface area contributed by atoms with Crippen LogP contribution < -0.4 is 10.1 Å². The highest BCUT2D eigenvalue weighted by Gasteiger charge is 2.16. The maximum atomic E-state index is 14.2. The van der Waals surface area contributed by atoms with Gasteiger partial charge >= 0.3 is 0 Å². The number of nitrogens with one attached hydrogen (secondary N) is 2. The topological polar surface area (TPSA) is 80.6 Å². The van der Waals surface area contributed by atoms with Crippen LogP contribution in [0.4, 0.5) is 16.0 Å². The summed E-state index contributed by atoms with van der Waals surface area (Å²) in [5.41, 5.74) is 1.73. The number of hydrogen-bond acceptors (Lipinski definition) is 5. The van der Waals surface area contributed by atoms with Crippen molar-refractivity contribution in [2.75, 3.05) is 12.4 Å². The number of methoxy groups -OCH3 is 1. The Kier molecular flexibility index (Phi) is 3.96. The second-order valence-electron chi connectivity index (χ2n) is 5.61. The van der Waals surface area contributed by atoms with E-state index in [9.17, 15) is 4.39 Å². The lowest BCUT2D eigenvalue weighted by Crippen LogP contribution is -2.00. The van der Waals surface area contributed by atoms with E-state index in [0.717, 1.165) is 10.9 Å². The molecule has 0 aliphatic carbocycles. The number of benzene rings is 2. The smallest absolute Gasteiger partial charge is 0.226 e. The quantitative estimate of drug-likeness (QED) is 0.567. The minimum absolute atomic E-state index is 0.243. The molecule has 0 spiro atoms. The molecule has 9 heteroatoms. The molecule has 7 nitrogen and oxygen atoms in total. The third-order valence-electron chi connectivity index (χ3n) is 3.98. The molecule has 0 unspecified atom stereocenters. The molecule has 0 saturated heterocycles. The molecule has 2 aromatic heterocycles. The van der Waals surface area contributed by atoms with Gasteiger partial charge in [-0.3, -0.25) is 5.10 Å². The molecule has 0 fully saturated rings. The Morgan fingerprint density at radius 3 is 2.92 bits per heavy atom. The summed E-state index contributed by atoms with van der Waals surface area (Å²) in [5.74, 6) is 0.761. The van der Waals surface area contributed by atoms with Gasteiger partial charge in [0, 0.05) is 12.4 Å². The lowest BCUT2D eigenvalue weighted by atomic mass is 10.2.